The second-order valence-corrected chi connectivity index (χ2v) is 4.99. The number of fused-ring (bicyclic) bond motifs is 1. The van der Waals surface area contributed by atoms with Crippen molar-refractivity contribution in [3.63, 3.8) is 0 Å². The van der Waals surface area contributed by atoms with Crippen molar-refractivity contribution in [2.45, 2.75) is 0 Å². The van der Waals surface area contributed by atoms with E-state index in [-0.39, 0.29) is 11.8 Å². The Morgan fingerprint density at radius 1 is 1.05 bits per heavy atom. The summed E-state index contributed by atoms with van der Waals surface area (Å²) < 4.78 is 0.754. The molecule has 0 radical (unpaired) electrons. The van der Waals surface area contributed by atoms with E-state index >= 15 is 0 Å². The van der Waals surface area contributed by atoms with Gasteiger partial charge in [-0.05, 0) is 30.3 Å². The minimum absolute atomic E-state index is 0.336. The normalized spacial score (nSPS) is 13.8. The number of nitrogens with two attached hydrogens (primary N) is 1. The highest BCUT2D eigenvalue weighted by Crippen LogP contribution is 2.29. The molecule has 3 rings (SSSR count). The molecule has 0 aliphatic carbocycles. The molecule has 2 amide bonds. The summed E-state index contributed by atoms with van der Waals surface area (Å²) in [5, 5.41) is 0. The molecule has 1 aliphatic heterocycles. The number of halogens is 1. The molecule has 19 heavy (non-hydrogen) atoms. The monoisotopic (exact) mass is 317 g/mol. The van der Waals surface area contributed by atoms with E-state index in [0.29, 0.717) is 22.6 Å². The molecule has 0 saturated heterocycles. The first kappa shape index (κ1) is 11.9. The fourth-order valence-corrected chi connectivity index (χ4v) is 2.34. The summed E-state index contributed by atoms with van der Waals surface area (Å²) in [7, 11) is 0. The van der Waals surface area contributed by atoms with Crippen LogP contribution in [-0.2, 0) is 0 Å². The molecule has 0 atom stereocenters. The molecule has 0 bridgehead atoms. The number of aromatic nitrogens is 1. The summed E-state index contributed by atoms with van der Waals surface area (Å²) in [5.74, 6) is -0.366. The van der Waals surface area contributed by atoms with E-state index in [0.717, 1.165) is 9.37 Å². The van der Waals surface area contributed by atoms with Gasteiger partial charge in [-0.25, -0.2) is 9.88 Å². The van der Waals surface area contributed by atoms with Crippen molar-refractivity contribution in [3.8, 4) is 0 Å². The van der Waals surface area contributed by atoms with Crippen LogP contribution in [0.25, 0.3) is 0 Å². The molecule has 6 heteroatoms. The Kier molecular flexibility index (Phi) is 2.60. The van der Waals surface area contributed by atoms with E-state index in [1.165, 1.54) is 6.20 Å². The molecule has 0 unspecified atom stereocenters. The van der Waals surface area contributed by atoms with Crippen molar-refractivity contribution in [3.05, 3.63) is 52.1 Å². The standard InChI is InChI=1S/C13H8BrN3O2/c14-7-1-3-9-10(5-7)13(19)17(12(9)18)8-2-4-11(15)16-6-8/h1-6H,(H2,15,16). The average molecular weight is 318 g/mol. The smallest absolute Gasteiger partial charge is 0.266 e. The van der Waals surface area contributed by atoms with Crippen molar-refractivity contribution < 1.29 is 9.59 Å². The van der Waals surface area contributed by atoms with Gasteiger partial charge in [0.25, 0.3) is 11.8 Å². The number of amides is 2. The highest BCUT2D eigenvalue weighted by atomic mass is 79.9. The zero-order chi connectivity index (χ0) is 13.6. The van der Waals surface area contributed by atoms with Crippen LogP contribution < -0.4 is 10.6 Å². The average Bonchev–Trinajstić information content (AvgIpc) is 2.63. The number of rotatable bonds is 1. The lowest BCUT2D eigenvalue weighted by Crippen LogP contribution is -2.29. The number of carbonyl (C=O) groups excluding carboxylic acids is 2. The van der Waals surface area contributed by atoms with Gasteiger partial charge < -0.3 is 5.73 Å². The summed E-state index contributed by atoms with van der Waals surface area (Å²) in [6.45, 7) is 0. The van der Waals surface area contributed by atoms with Crippen molar-refractivity contribution in [2.24, 2.45) is 0 Å². The van der Waals surface area contributed by atoms with Gasteiger partial charge in [-0.1, -0.05) is 15.9 Å². The van der Waals surface area contributed by atoms with Crippen LogP contribution in [0.15, 0.2) is 41.0 Å². The fourth-order valence-electron chi connectivity index (χ4n) is 1.98. The maximum absolute atomic E-state index is 12.3. The molecule has 94 valence electrons. The molecule has 1 aromatic carbocycles. The topological polar surface area (TPSA) is 76.3 Å². The summed E-state index contributed by atoms with van der Waals surface area (Å²) in [5.41, 5.74) is 6.69. The van der Waals surface area contributed by atoms with Gasteiger partial charge in [-0.15, -0.1) is 0 Å². The highest BCUT2D eigenvalue weighted by molar-refractivity contribution is 9.10. The third-order valence-electron chi connectivity index (χ3n) is 2.88. The third kappa shape index (κ3) is 1.80. The molecule has 2 heterocycles. The Bertz CT molecular complexity index is 698. The van der Waals surface area contributed by atoms with E-state index < -0.39 is 0 Å². The number of hydrogen-bond acceptors (Lipinski definition) is 4. The molecular formula is C13H8BrN3O2. The van der Waals surface area contributed by atoms with E-state index in [9.17, 15) is 9.59 Å². The number of carbonyl (C=O) groups is 2. The van der Waals surface area contributed by atoms with Crippen LogP contribution in [0.3, 0.4) is 0 Å². The van der Waals surface area contributed by atoms with Gasteiger partial charge >= 0.3 is 0 Å². The van der Waals surface area contributed by atoms with Gasteiger partial charge in [0.2, 0.25) is 0 Å². The van der Waals surface area contributed by atoms with Crippen LogP contribution in [-0.4, -0.2) is 16.8 Å². The molecule has 0 saturated carbocycles. The Balaban J connectivity index is 2.10. The van der Waals surface area contributed by atoms with E-state index in [2.05, 4.69) is 20.9 Å². The summed E-state index contributed by atoms with van der Waals surface area (Å²) in [6, 6.07) is 8.15. The lowest BCUT2D eigenvalue weighted by atomic mass is 10.1. The van der Waals surface area contributed by atoms with Gasteiger partial charge in [0.1, 0.15) is 5.82 Å². The van der Waals surface area contributed by atoms with Gasteiger partial charge in [0.15, 0.2) is 0 Å². The lowest BCUT2D eigenvalue weighted by Gasteiger charge is -2.13. The van der Waals surface area contributed by atoms with E-state index in [1.807, 2.05) is 0 Å². The Morgan fingerprint density at radius 2 is 1.79 bits per heavy atom. The first-order valence-corrected chi connectivity index (χ1v) is 6.27. The maximum Gasteiger partial charge on any atom is 0.266 e. The van der Waals surface area contributed by atoms with Crippen molar-refractivity contribution in [1.29, 1.82) is 0 Å². The molecule has 1 aromatic heterocycles. The van der Waals surface area contributed by atoms with Gasteiger partial charge in [-0.3, -0.25) is 9.59 Å². The minimum atomic E-state index is -0.354. The molecule has 2 N–H and O–H groups in total. The molecule has 0 fully saturated rings. The zero-order valence-electron chi connectivity index (χ0n) is 9.63. The second kappa shape index (κ2) is 4.17. The number of pyridine rings is 1. The quantitative estimate of drug-likeness (QED) is 0.818. The summed E-state index contributed by atoms with van der Waals surface area (Å²) in [4.78, 5) is 29.5. The Morgan fingerprint density at radius 3 is 2.47 bits per heavy atom. The molecule has 0 spiro atoms. The van der Waals surface area contributed by atoms with Crippen LogP contribution in [0.1, 0.15) is 20.7 Å². The lowest BCUT2D eigenvalue weighted by molar-refractivity contribution is 0.0926. The number of nitrogens with zero attached hydrogens (tertiary/aromatic N) is 2. The number of imide groups is 1. The number of hydrogen-bond donors (Lipinski definition) is 1. The summed E-state index contributed by atoms with van der Waals surface area (Å²) in [6.07, 6.45) is 1.41. The van der Waals surface area contributed by atoms with E-state index in [1.54, 1.807) is 30.3 Å². The number of anilines is 2. The van der Waals surface area contributed by atoms with Crippen molar-refractivity contribution >= 4 is 39.2 Å². The summed E-state index contributed by atoms with van der Waals surface area (Å²) >= 11 is 3.29. The van der Waals surface area contributed by atoms with Crippen molar-refractivity contribution in [2.75, 3.05) is 10.6 Å². The molecule has 1 aliphatic rings. The van der Waals surface area contributed by atoms with Gasteiger partial charge in [0, 0.05) is 4.47 Å². The maximum atomic E-state index is 12.3. The predicted molar refractivity (Wildman–Crippen MR) is 73.9 cm³/mol. The largest absolute Gasteiger partial charge is 0.384 e. The first-order chi connectivity index (χ1) is 9.08. The fraction of sp³-hybridized carbons (Fsp3) is 0. The zero-order valence-corrected chi connectivity index (χ0v) is 11.2. The first-order valence-electron chi connectivity index (χ1n) is 5.48. The van der Waals surface area contributed by atoms with Crippen LogP contribution in [0.4, 0.5) is 11.5 Å². The second-order valence-electron chi connectivity index (χ2n) is 4.08. The Hall–Kier alpha value is -2.21. The van der Waals surface area contributed by atoms with Gasteiger partial charge in [-0.2, -0.15) is 0 Å². The van der Waals surface area contributed by atoms with E-state index in [4.69, 9.17) is 5.73 Å². The van der Waals surface area contributed by atoms with Gasteiger partial charge in [0.05, 0.1) is 23.0 Å². The molecular weight excluding hydrogens is 310 g/mol. The number of benzene rings is 1. The third-order valence-corrected chi connectivity index (χ3v) is 3.37. The minimum Gasteiger partial charge on any atom is -0.384 e. The van der Waals surface area contributed by atoms with Crippen LogP contribution in [0.5, 0.6) is 0 Å². The van der Waals surface area contributed by atoms with Crippen LogP contribution in [0.2, 0.25) is 0 Å². The van der Waals surface area contributed by atoms with Crippen molar-refractivity contribution in [1.82, 2.24) is 4.98 Å². The number of nitrogen functional groups attached to an aromatic ring is 1. The highest BCUT2D eigenvalue weighted by Gasteiger charge is 2.36. The Labute approximate surface area is 117 Å². The predicted octanol–water partition coefficient (Wildman–Crippen LogP) is 2.23. The molecule has 5 nitrogen and oxygen atoms in total. The SMILES string of the molecule is Nc1ccc(N2C(=O)c3ccc(Br)cc3C2=O)cn1. The van der Waals surface area contributed by atoms with Crippen LogP contribution in [0, 0.1) is 0 Å². The van der Waals surface area contributed by atoms with Crippen LogP contribution >= 0.6 is 15.9 Å². The molecule has 2 aromatic rings.